The molecule has 7 heteroatoms. The molecule has 1 aliphatic heterocycles. The zero-order chi connectivity index (χ0) is 15.7. The molecule has 3 heterocycles. The molecule has 0 spiro atoms. The van der Waals surface area contributed by atoms with E-state index in [0.717, 1.165) is 41.2 Å². The number of aryl methyl sites for hydroxylation is 3. The van der Waals surface area contributed by atoms with Gasteiger partial charge in [0, 0.05) is 31.9 Å². The second-order valence-electron chi connectivity index (χ2n) is 5.54. The number of morpholine rings is 1. The quantitative estimate of drug-likeness (QED) is 0.912. The van der Waals surface area contributed by atoms with Crippen molar-refractivity contribution in [3.05, 3.63) is 17.3 Å². The molecule has 3 rings (SSSR count). The number of carboxylic acids is 1. The lowest BCUT2D eigenvalue weighted by Crippen LogP contribution is -2.37. The van der Waals surface area contributed by atoms with E-state index in [9.17, 15) is 4.79 Å². The SMILES string of the molecule is Cc1nn(C)c2nc(N3CCOCC3)c(CCC(=O)O)cc12. The van der Waals surface area contributed by atoms with E-state index in [1.54, 1.807) is 4.68 Å². The number of fused-ring (bicyclic) bond motifs is 1. The van der Waals surface area contributed by atoms with Crippen molar-refractivity contribution in [2.24, 2.45) is 7.05 Å². The fourth-order valence-electron chi connectivity index (χ4n) is 2.85. The predicted octanol–water partition coefficient (Wildman–Crippen LogP) is 1.13. The first-order valence-electron chi connectivity index (χ1n) is 7.44. The van der Waals surface area contributed by atoms with Gasteiger partial charge in [-0.15, -0.1) is 0 Å². The van der Waals surface area contributed by atoms with Crippen LogP contribution < -0.4 is 4.90 Å². The highest BCUT2D eigenvalue weighted by Gasteiger charge is 2.19. The molecular formula is C15H20N4O3. The Morgan fingerprint density at radius 2 is 2.14 bits per heavy atom. The maximum absolute atomic E-state index is 10.9. The molecule has 0 aliphatic carbocycles. The van der Waals surface area contributed by atoms with E-state index in [4.69, 9.17) is 14.8 Å². The van der Waals surface area contributed by atoms with Gasteiger partial charge in [0.2, 0.25) is 0 Å². The molecule has 1 N–H and O–H groups in total. The highest BCUT2D eigenvalue weighted by Crippen LogP contribution is 2.27. The van der Waals surface area contributed by atoms with Crippen LogP contribution in [0.25, 0.3) is 11.0 Å². The van der Waals surface area contributed by atoms with E-state index < -0.39 is 5.97 Å². The molecule has 0 amide bonds. The number of hydrogen-bond donors (Lipinski definition) is 1. The number of aromatic nitrogens is 3. The number of rotatable bonds is 4. The minimum atomic E-state index is -0.795. The molecule has 7 nitrogen and oxygen atoms in total. The number of aliphatic carboxylic acids is 1. The Labute approximate surface area is 128 Å². The van der Waals surface area contributed by atoms with Crippen LogP contribution in [-0.4, -0.2) is 52.1 Å². The van der Waals surface area contributed by atoms with Crippen molar-refractivity contribution in [3.8, 4) is 0 Å². The predicted molar refractivity (Wildman–Crippen MR) is 82.2 cm³/mol. The Kier molecular flexibility index (Phi) is 3.98. The zero-order valence-electron chi connectivity index (χ0n) is 12.9. The van der Waals surface area contributed by atoms with Crippen molar-refractivity contribution in [2.75, 3.05) is 31.2 Å². The topological polar surface area (TPSA) is 80.5 Å². The van der Waals surface area contributed by atoms with Gasteiger partial charge in [0.05, 0.1) is 18.9 Å². The average molecular weight is 304 g/mol. The highest BCUT2D eigenvalue weighted by atomic mass is 16.5. The van der Waals surface area contributed by atoms with Crippen molar-refractivity contribution < 1.29 is 14.6 Å². The average Bonchev–Trinajstić information content (AvgIpc) is 2.79. The number of nitrogens with zero attached hydrogens (tertiary/aromatic N) is 4. The van der Waals surface area contributed by atoms with Crippen LogP contribution in [0.2, 0.25) is 0 Å². The third-order valence-electron chi connectivity index (χ3n) is 3.97. The largest absolute Gasteiger partial charge is 0.481 e. The molecular weight excluding hydrogens is 284 g/mol. The summed E-state index contributed by atoms with van der Waals surface area (Å²) in [6.07, 6.45) is 0.573. The van der Waals surface area contributed by atoms with E-state index in [1.165, 1.54) is 0 Å². The van der Waals surface area contributed by atoms with E-state index >= 15 is 0 Å². The number of hydrogen-bond acceptors (Lipinski definition) is 5. The lowest BCUT2D eigenvalue weighted by atomic mass is 10.1. The van der Waals surface area contributed by atoms with Gasteiger partial charge in [0.25, 0.3) is 0 Å². The van der Waals surface area contributed by atoms with Crippen molar-refractivity contribution in [3.63, 3.8) is 0 Å². The molecule has 2 aromatic rings. The first-order chi connectivity index (χ1) is 10.6. The first-order valence-corrected chi connectivity index (χ1v) is 7.44. The number of carbonyl (C=O) groups is 1. The van der Waals surface area contributed by atoms with Gasteiger partial charge in [0.15, 0.2) is 5.65 Å². The minimum Gasteiger partial charge on any atom is -0.481 e. The molecule has 0 radical (unpaired) electrons. The summed E-state index contributed by atoms with van der Waals surface area (Å²) in [4.78, 5) is 17.9. The van der Waals surface area contributed by atoms with Crippen molar-refractivity contribution in [1.29, 1.82) is 0 Å². The van der Waals surface area contributed by atoms with Crippen LogP contribution in [0.4, 0.5) is 5.82 Å². The molecule has 1 aliphatic rings. The van der Waals surface area contributed by atoms with Crippen LogP contribution in [0.3, 0.4) is 0 Å². The molecule has 118 valence electrons. The maximum atomic E-state index is 10.9. The van der Waals surface area contributed by atoms with E-state index in [1.807, 2.05) is 20.0 Å². The van der Waals surface area contributed by atoms with Crippen LogP contribution in [0.1, 0.15) is 17.7 Å². The van der Waals surface area contributed by atoms with Crippen molar-refractivity contribution in [1.82, 2.24) is 14.8 Å². The molecule has 22 heavy (non-hydrogen) atoms. The summed E-state index contributed by atoms with van der Waals surface area (Å²) < 4.78 is 7.17. The second-order valence-corrected chi connectivity index (χ2v) is 5.54. The van der Waals surface area contributed by atoms with Crippen LogP contribution in [0.15, 0.2) is 6.07 Å². The third kappa shape index (κ3) is 2.76. The summed E-state index contributed by atoms with van der Waals surface area (Å²) >= 11 is 0. The van der Waals surface area contributed by atoms with Gasteiger partial charge in [0.1, 0.15) is 5.82 Å². The summed E-state index contributed by atoms with van der Waals surface area (Å²) in [6, 6.07) is 2.04. The Balaban J connectivity index is 2.06. The van der Waals surface area contributed by atoms with Crippen LogP contribution in [0, 0.1) is 6.92 Å². The van der Waals surface area contributed by atoms with Gasteiger partial charge in [-0.3, -0.25) is 9.48 Å². The van der Waals surface area contributed by atoms with Crippen LogP contribution >= 0.6 is 0 Å². The maximum Gasteiger partial charge on any atom is 0.303 e. The van der Waals surface area contributed by atoms with Gasteiger partial charge >= 0.3 is 5.97 Å². The number of ether oxygens (including phenoxy) is 1. The van der Waals surface area contributed by atoms with Gasteiger partial charge in [-0.2, -0.15) is 5.10 Å². The van der Waals surface area contributed by atoms with Crippen LogP contribution in [-0.2, 0) is 23.0 Å². The number of anilines is 1. The molecule has 0 atom stereocenters. The summed E-state index contributed by atoms with van der Waals surface area (Å²) in [5.74, 6) is 0.0657. The zero-order valence-corrected chi connectivity index (χ0v) is 12.9. The minimum absolute atomic E-state index is 0.101. The normalized spacial score (nSPS) is 15.5. The molecule has 0 unspecified atom stereocenters. The number of carboxylic acid groups (broad SMARTS) is 1. The van der Waals surface area contributed by atoms with Gasteiger partial charge in [-0.1, -0.05) is 0 Å². The number of pyridine rings is 1. The Morgan fingerprint density at radius 1 is 1.41 bits per heavy atom. The summed E-state index contributed by atoms with van der Waals surface area (Å²) in [5.41, 5.74) is 2.71. The first kappa shape index (κ1) is 14.8. The van der Waals surface area contributed by atoms with Crippen LogP contribution in [0.5, 0.6) is 0 Å². The Hall–Kier alpha value is -2.15. The van der Waals surface area contributed by atoms with Gasteiger partial charge < -0.3 is 14.7 Å². The molecule has 1 saturated heterocycles. The summed E-state index contributed by atoms with van der Waals surface area (Å²) in [5, 5.41) is 14.4. The summed E-state index contributed by atoms with van der Waals surface area (Å²) in [6.45, 7) is 4.83. The Bertz CT molecular complexity index is 704. The fourth-order valence-corrected chi connectivity index (χ4v) is 2.85. The van der Waals surface area contributed by atoms with Crippen molar-refractivity contribution >= 4 is 22.8 Å². The van der Waals surface area contributed by atoms with E-state index in [2.05, 4.69) is 10.00 Å². The second kappa shape index (κ2) is 5.92. The molecule has 0 bridgehead atoms. The molecule has 0 aromatic carbocycles. The molecule has 0 saturated carbocycles. The molecule has 1 fully saturated rings. The van der Waals surface area contributed by atoms with E-state index in [0.29, 0.717) is 19.6 Å². The lowest BCUT2D eigenvalue weighted by Gasteiger charge is -2.29. The third-order valence-corrected chi connectivity index (χ3v) is 3.97. The Morgan fingerprint density at radius 3 is 2.82 bits per heavy atom. The van der Waals surface area contributed by atoms with E-state index in [-0.39, 0.29) is 6.42 Å². The highest BCUT2D eigenvalue weighted by molar-refractivity contribution is 5.82. The lowest BCUT2D eigenvalue weighted by molar-refractivity contribution is -0.136. The van der Waals surface area contributed by atoms with Gasteiger partial charge in [-0.05, 0) is 25.0 Å². The smallest absolute Gasteiger partial charge is 0.303 e. The van der Waals surface area contributed by atoms with Crippen molar-refractivity contribution in [2.45, 2.75) is 19.8 Å². The standard InChI is InChI=1S/C15H20N4O3/c1-10-12-9-11(3-4-13(20)21)14(16-15(12)18(2)17-10)19-5-7-22-8-6-19/h9H,3-8H2,1-2H3,(H,20,21). The fraction of sp³-hybridized carbons (Fsp3) is 0.533. The van der Waals surface area contributed by atoms with Gasteiger partial charge in [-0.25, -0.2) is 4.98 Å². The summed E-state index contributed by atoms with van der Waals surface area (Å²) in [7, 11) is 1.88. The monoisotopic (exact) mass is 304 g/mol. The molecule has 2 aromatic heterocycles.